The molecule has 0 aliphatic carbocycles. The summed E-state index contributed by atoms with van der Waals surface area (Å²) in [6, 6.07) is 0. The molecule has 0 saturated carbocycles. The first-order chi connectivity index (χ1) is 5.20. The third-order valence-corrected chi connectivity index (χ3v) is 1.17. The zero-order valence-electron chi connectivity index (χ0n) is 5.61. The van der Waals surface area contributed by atoms with E-state index in [9.17, 15) is 9.59 Å². The Labute approximate surface area is 62.8 Å². The maximum Gasteiger partial charge on any atom is 0.335 e. The minimum Gasteiger partial charge on any atom is -0.478 e. The fourth-order valence-electron chi connectivity index (χ4n) is 0.646. The Bertz CT molecular complexity index is 249. The molecular weight excluding hydrogens is 148 g/mol. The SMILES string of the molecule is O=C1C=CC(C(=O)O)=CCO1. The molecule has 4 nitrogen and oxygen atoms in total. The minimum absolute atomic E-state index is 0.0213. The van der Waals surface area contributed by atoms with Gasteiger partial charge in [-0.25, -0.2) is 9.59 Å². The topological polar surface area (TPSA) is 63.6 Å². The van der Waals surface area contributed by atoms with E-state index in [4.69, 9.17) is 5.11 Å². The third kappa shape index (κ3) is 1.93. The van der Waals surface area contributed by atoms with Crippen LogP contribution >= 0.6 is 0 Å². The Hall–Kier alpha value is -1.58. The highest BCUT2D eigenvalue weighted by molar-refractivity contribution is 5.93. The summed E-state index contributed by atoms with van der Waals surface area (Å²) in [6.07, 6.45) is 3.65. The van der Waals surface area contributed by atoms with Crippen molar-refractivity contribution in [1.82, 2.24) is 0 Å². The predicted octanol–water partition coefficient (Wildman–Crippen LogP) is 0.110. The number of hydrogen-bond acceptors (Lipinski definition) is 3. The first-order valence-corrected chi connectivity index (χ1v) is 2.98. The van der Waals surface area contributed by atoms with E-state index < -0.39 is 11.9 Å². The first kappa shape index (κ1) is 7.53. The molecule has 0 aromatic heterocycles. The number of aliphatic carboxylic acids is 1. The van der Waals surface area contributed by atoms with Gasteiger partial charge in [-0.15, -0.1) is 0 Å². The van der Waals surface area contributed by atoms with Crippen LogP contribution in [0.1, 0.15) is 0 Å². The molecule has 0 bridgehead atoms. The van der Waals surface area contributed by atoms with Crippen LogP contribution in [0.5, 0.6) is 0 Å². The van der Waals surface area contributed by atoms with Crippen LogP contribution in [0.4, 0.5) is 0 Å². The Kier molecular flexibility index (Phi) is 2.06. The summed E-state index contributed by atoms with van der Waals surface area (Å²) >= 11 is 0. The van der Waals surface area contributed by atoms with E-state index >= 15 is 0 Å². The average molecular weight is 154 g/mol. The molecule has 1 aliphatic heterocycles. The lowest BCUT2D eigenvalue weighted by Crippen LogP contribution is -1.98. The van der Waals surface area contributed by atoms with E-state index in [0.717, 1.165) is 6.08 Å². The summed E-state index contributed by atoms with van der Waals surface area (Å²) in [7, 11) is 0. The molecule has 0 fully saturated rings. The van der Waals surface area contributed by atoms with Gasteiger partial charge in [0.2, 0.25) is 0 Å². The molecule has 1 rings (SSSR count). The van der Waals surface area contributed by atoms with Gasteiger partial charge >= 0.3 is 11.9 Å². The lowest BCUT2D eigenvalue weighted by atomic mass is 10.2. The van der Waals surface area contributed by atoms with E-state index in [-0.39, 0.29) is 12.2 Å². The fourth-order valence-corrected chi connectivity index (χ4v) is 0.646. The molecule has 1 N–H and O–H groups in total. The molecule has 0 atom stereocenters. The monoisotopic (exact) mass is 154 g/mol. The largest absolute Gasteiger partial charge is 0.478 e. The van der Waals surface area contributed by atoms with Gasteiger partial charge in [0.25, 0.3) is 0 Å². The van der Waals surface area contributed by atoms with Crippen molar-refractivity contribution in [3.63, 3.8) is 0 Å². The second-order valence-electron chi connectivity index (χ2n) is 1.93. The molecule has 0 saturated heterocycles. The summed E-state index contributed by atoms with van der Waals surface area (Å²) in [5, 5.41) is 8.46. The van der Waals surface area contributed by atoms with Crippen LogP contribution in [-0.2, 0) is 14.3 Å². The second kappa shape index (κ2) is 3.01. The highest BCUT2D eigenvalue weighted by Crippen LogP contribution is 2.01. The second-order valence-corrected chi connectivity index (χ2v) is 1.93. The number of cyclic esters (lactones) is 1. The normalized spacial score (nSPS) is 16.7. The van der Waals surface area contributed by atoms with Gasteiger partial charge in [-0.3, -0.25) is 0 Å². The molecule has 1 heterocycles. The summed E-state index contributed by atoms with van der Waals surface area (Å²) in [4.78, 5) is 20.8. The molecule has 0 amide bonds. The molecule has 1 aliphatic rings. The third-order valence-electron chi connectivity index (χ3n) is 1.17. The number of ether oxygens (including phenoxy) is 1. The first-order valence-electron chi connectivity index (χ1n) is 2.98. The standard InChI is InChI=1S/C7H6O4/c8-6-2-1-5(7(9)10)3-4-11-6/h1-3H,4H2,(H,9,10). The lowest BCUT2D eigenvalue weighted by Gasteiger charge is -1.91. The Morgan fingerprint density at radius 1 is 1.55 bits per heavy atom. The number of hydrogen-bond donors (Lipinski definition) is 1. The van der Waals surface area contributed by atoms with Gasteiger partial charge in [0.15, 0.2) is 0 Å². The molecule has 58 valence electrons. The van der Waals surface area contributed by atoms with Crippen LogP contribution < -0.4 is 0 Å². The van der Waals surface area contributed by atoms with E-state index in [1.165, 1.54) is 12.2 Å². The molecule has 0 aromatic carbocycles. The van der Waals surface area contributed by atoms with Gasteiger partial charge in [-0.05, 0) is 12.2 Å². The fraction of sp³-hybridized carbons (Fsp3) is 0.143. The Morgan fingerprint density at radius 2 is 2.27 bits per heavy atom. The molecule has 0 spiro atoms. The summed E-state index contributed by atoms with van der Waals surface area (Å²) < 4.78 is 4.52. The van der Waals surface area contributed by atoms with E-state index in [0.29, 0.717) is 0 Å². The van der Waals surface area contributed by atoms with Gasteiger partial charge in [-0.2, -0.15) is 0 Å². The summed E-state index contributed by atoms with van der Waals surface area (Å²) in [5.74, 6) is -1.57. The van der Waals surface area contributed by atoms with Gasteiger partial charge in [0.1, 0.15) is 6.61 Å². The molecule has 11 heavy (non-hydrogen) atoms. The number of carbonyl (C=O) groups excluding carboxylic acids is 1. The van der Waals surface area contributed by atoms with Gasteiger partial charge < -0.3 is 9.84 Å². The van der Waals surface area contributed by atoms with Crippen molar-refractivity contribution >= 4 is 11.9 Å². The van der Waals surface area contributed by atoms with Crippen molar-refractivity contribution in [3.05, 3.63) is 23.8 Å². The van der Waals surface area contributed by atoms with Crippen LogP contribution in [-0.4, -0.2) is 23.7 Å². The summed E-state index contributed by atoms with van der Waals surface area (Å²) in [5.41, 5.74) is 0.0795. The van der Waals surface area contributed by atoms with Crippen molar-refractivity contribution in [2.45, 2.75) is 0 Å². The van der Waals surface area contributed by atoms with Crippen LogP contribution in [0.15, 0.2) is 23.8 Å². The number of esters is 1. The van der Waals surface area contributed by atoms with Crippen LogP contribution in [0.3, 0.4) is 0 Å². The number of carbonyl (C=O) groups is 2. The lowest BCUT2D eigenvalue weighted by molar-refractivity contribution is -0.136. The number of carboxylic acid groups (broad SMARTS) is 1. The van der Waals surface area contributed by atoms with Crippen molar-refractivity contribution in [1.29, 1.82) is 0 Å². The summed E-state index contributed by atoms with van der Waals surface area (Å²) in [6.45, 7) is 0.0213. The number of rotatable bonds is 1. The quantitative estimate of drug-likeness (QED) is 0.544. The van der Waals surface area contributed by atoms with Crippen molar-refractivity contribution in [2.75, 3.05) is 6.61 Å². The molecule has 0 unspecified atom stereocenters. The van der Waals surface area contributed by atoms with Gasteiger partial charge in [0, 0.05) is 6.08 Å². The van der Waals surface area contributed by atoms with Crippen LogP contribution in [0.2, 0.25) is 0 Å². The average Bonchev–Trinajstić information content (AvgIpc) is 2.13. The maximum atomic E-state index is 10.5. The van der Waals surface area contributed by atoms with Crippen molar-refractivity contribution in [2.24, 2.45) is 0 Å². The molecule has 0 aromatic rings. The maximum absolute atomic E-state index is 10.5. The molecule has 4 heteroatoms. The number of carboxylic acids is 1. The minimum atomic E-state index is -1.06. The van der Waals surface area contributed by atoms with E-state index in [1.54, 1.807) is 0 Å². The van der Waals surface area contributed by atoms with Crippen LogP contribution in [0.25, 0.3) is 0 Å². The van der Waals surface area contributed by atoms with Crippen LogP contribution in [0, 0.1) is 0 Å². The zero-order valence-corrected chi connectivity index (χ0v) is 5.61. The Balaban J connectivity index is 2.80. The van der Waals surface area contributed by atoms with Gasteiger partial charge in [0.05, 0.1) is 5.57 Å². The predicted molar refractivity (Wildman–Crippen MR) is 35.8 cm³/mol. The highest BCUT2D eigenvalue weighted by Gasteiger charge is 2.07. The zero-order chi connectivity index (χ0) is 8.27. The van der Waals surface area contributed by atoms with E-state index in [2.05, 4.69) is 4.74 Å². The van der Waals surface area contributed by atoms with Crippen molar-refractivity contribution in [3.8, 4) is 0 Å². The smallest absolute Gasteiger partial charge is 0.335 e. The highest BCUT2D eigenvalue weighted by atomic mass is 16.5. The van der Waals surface area contributed by atoms with E-state index in [1.807, 2.05) is 0 Å². The Morgan fingerprint density at radius 3 is 2.91 bits per heavy atom. The van der Waals surface area contributed by atoms with Gasteiger partial charge in [-0.1, -0.05) is 0 Å². The molecule has 0 radical (unpaired) electrons. The van der Waals surface area contributed by atoms with Crippen molar-refractivity contribution < 1.29 is 19.4 Å². The molecular formula is C7H6O4.